The number of amides is 1. The third kappa shape index (κ3) is 4.32. The lowest BCUT2D eigenvalue weighted by Crippen LogP contribution is -2.33. The Labute approximate surface area is 222 Å². The molecule has 0 radical (unpaired) electrons. The Morgan fingerprint density at radius 1 is 1.08 bits per heavy atom. The first-order valence-corrected chi connectivity index (χ1v) is 12.2. The van der Waals surface area contributed by atoms with Crippen LogP contribution in [0.4, 0.5) is 0 Å². The van der Waals surface area contributed by atoms with E-state index in [2.05, 4.69) is 37.4 Å². The lowest BCUT2D eigenvalue weighted by Gasteiger charge is -2.20. The Morgan fingerprint density at radius 2 is 1.92 bits per heavy atom. The Morgan fingerprint density at radius 3 is 2.72 bits per heavy atom. The zero-order valence-corrected chi connectivity index (χ0v) is 21.1. The van der Waals surface area contributed by atoms with Gasteiger partial charge in [-0.2, -0.15) is 10.2 Å². The molecule has 0 unspecified atom stereocenters. The summed E-state index contributed by atoms with van der Waals surface area (Å²) in [4.78, 5) is 36.7. The molecule has 1 atom stereocenters. The molecule has 0 fully saturated rings. The minimum atomic E-state index is -0.631. The van der Waals surface area contributed by atoms with Gasteiger partial charge >= 0.3 is 0 Å². The van der Waals surface area contributed by atoms with Crippen molar-refractivity contribution in [3.8, 4) is 17.5 Å². The van der Waals surface area contributed by atoms with Crippen LogP contribution < -0.4 is 10.9 Å². The molecule has 6 rings (SSSR count). The molecule has 2 N–H and O–H groups in total. The highest BCUT2D eigenvalue weighted by Gasteiger charge is 2.24. The number of aromatic nitrogens is 7. The van der Waals surface area contributed by atoms with Gasteiger partial charge in [-0.25, -0.2) is 14.5 Å². The van der Waals surface area contributed by atoms with Crippen molar-refractivity contribution in [2.45, 2.75) is 19.9 Å². The maximum atomic E-state index is 14.1. The number of aryl methyl sites for hydroxylation is 1. The summed E-state index contributed by atoms with van der Waals surface area (Å²) in [6, 6.07) is 15.7. The average Bonchev–Trinajstić information content (AvgIpc) is 3.59. The van der Waals surface area contributed by atoms with E-state index in [0.29, 0.717) is 50.4 Å². The SMILES string of the molecule is Cc1nn2cccnc2c1C(=O)N[C@@H](C)c1nc2cccc(C#Cc3cn[nH]c3)c2c(=O)n1-c1ccccc1. The van der Waals surface area contributed by atoms with Crippen molar-refractivity contribution in [2.75, 3.05) is 0 Å². The normalized spacial score (nSPS) is 11.7. The summed E-state index contributed by atoms with van der Waals surface area (Å²) >= 11 is 0. The van der Waals surface area contributed by atoms with Gasteiger partial charge in [0.25, 0.3) is 11.5 Å². The predicted octanol–water partition coefficient (Wildman–Crippen LogP) is 3.35. The van der Waals surface area contributed by atoms with Crippen LogP contribution in [-0.2, 0) is 0 Å². The monoisotopic (exact) mass is 514 g/mol. The fraction of sp³-hybridized carbons (Fsp3) is 0.103. The number of benzene rings is 2. The highest BCUT2D eigenvalue weighted by Crippen LogP contribution is 2.21. The summed E-state index contributed by atoms with van der Waals surface area (Å²) in [7, 11) is 0. The second-order valence-electron chi connectivity index (χ2n) is 8.93. The molecule has 190 valence electrons. The number of H-pyrrole nitrogens is 1. The van der Waals surface area contributed by atoms with Gasteiger partial charge in [0, 0.05) is 24.2 Å². The molecule has 0 bridgehead atoms. The maximum Gasteiger partial charge on any atom is 0.267 e. The van der Waals surface area contributed by atoms with Crippen molar-refractivity contribution < 1.29 is 4.79 Å². The van der Waals surface area contributed by atoms with E-state index in [1.165, 1.54) is 4.57 Å². The molecule has 6 aromatic rings. The van der Waals surface area contributed by atoms with Gasteiger partial charge in [0.05, 0.1) is 40.1 Å². The van der Waals surface area contributed by atoms with Crippen LogP contribution >= 0.6 is 0 Å². The number of nitrogens with one attached hydrogen (secondary N) is 2. The quantitative estimate of drug-likeness (QED) is 0.348. The van der Waals surface area contributed by atoms with Crippen LogP contribution in [0.25, 0.3) is 22.2 Å². The molecule has 1 amide bonds. The Balaban J connectivity index is 1.48. The van der Waals surface area contributed by atoms with Crippen LogP contribution in [0, 0.1) is 18.8 Å². The molecule has 2 aromatic carbocycles. The smallest absolute Gasteiger partial charge is 0.267 e. The van der Waals surface area contributed by atoms with Crippen molar-refractivity contribution in [3.05, 3.63) is 118 Å². The van der Waals surface area contributed by atoms with Gasteiger partial charge in [0.15, 0.2) is 5.65 Å². The lowest BCUT2D eigenvalue weighted by molar-refractivity contribution is 0.0938. The number of hydrogen-bond donors (Lipinski definition) is 2. The van der Waals surface area contributed by atoms with Crippen LogP contribution in [0.1, 0.15) is 46.0 Å². The molecule has 0 spiro atoms. The molecule has 4 heterocycles. The third-order valence-electron chi connectivity index (χ3n) is 6.31. The van der Waals surface area contributed by atoms with E-state index in [0.717, 1.165) is 0 Å². The Kier molecular flexibility index (Phi) is 5.93. The fourth-order valence-electron chi connectivity index (χ4n) is 4.52. The zero-order chi connectivity index (χ0) is 26.9. The van der Waals surface area contributed by atoms with E-state index >= 15 is 0 Å². The van der Waals surface area contributed by atoms with Crippen LogP contribution in [0.2, 0.25) is 0 Å². The van der Waals surface area contributed by atoms with E-state index in [1.807, 2.05) is 36.4 Å². The largest absolute Gasteiger partial charge is 0.342 e. The lowest BCUT2D eigenvalue weighted by atomic mass is 10.1. The van der Waals surface area contributed by atoms with E-state index in [1.54, 1.807) is 61.3 Å². The van der Waals surface area contributed by atoms with Gasteiger partial charge in [0.1, 0.15) is 11.4 Å². The second kappa shape index (κ2) is 9.72. The van der Waals surface area contributed by atoms with Gasteiger partial charge in [-0.05, 0) is 44.2 Å². The molecule has 0 aliphatic rings. The topological polar surface area (TPSA) is 123 Å². The van der Waals surface area contributed by atoms with E-state index in [-0.39, 0.29) is 11.5 Å². The standard InChI is InChI=1S/C29H22N8O2/c1-18-24(27-30-14-7-15-36(27)35-18)28(38)33-19(2)26-34-23-11-6-8-21(13-12-20-16-31-32-17-20)25(23)29(39)37(26)22-9-4-3-5-10-22/h3-11,14-17,19H,1-2H3,(H,31,32)(H,33,38)/t19-/m0/s1. The maximum absolute atomic E-state index is 14.1. The van der Waals surface area contributed by atoms with Gasteiger partial charge in [-0.3, -0.25) is 19.3 Å². The van der Waals surface area contributed by atoms with Crippen LogP contribution in [0.15, 0.2) is 84.2 Å². The number of rotatable bonds is 4. The van der Waals surface area contributed by atoms with Crippen molar-refractivity contribution in [1.82, 2.24) is 39.7 Å². The number of aromatic amines is 1. The van der Waals surface area contributed by atoms with Gasteiger partial charge in [-0.1, -0.05) is 36.1 Å². The first kappa shape index (κ1) is 23.8. The highest BCUT2D eigenvalue weighted by atomic mass is 16.2. The second-order valence-corrected chi connectivity index (χ2v) is 8.93. The third-order valence-corrected chi connectivity index (χ3v) is 6.31. The first-order chi connectivity index (χ1) is 19.0. The Bertz CT molecular complexity index is 1960. The van der Waals surface area contributed by atoms with Crippen LogP contribution in [0.5, 0.6) is 0 Å². The molecular weight excluding hydrogens is 492 g/mol. The Hall–Kier alpha value is -5.56. The summed E-state index contributed by atoms with van der Waals surface area (Å²) in [6.07, 6.45) is 6.65. The number of carbonyl (C=O) groups excluding carboxylic acids is 1. The van der Waals surface area contributed by atoms with E-state index in [9.17, 15) is 9.59 Å². The summed E-state index contributed by atoms with van der Waals surface area (Å²) in [5, 5.41) is 14.4. The number of fused-ring (bicyclic) bond motifs is 2. The number of hydrogen-bond acceptors (Lipinski definition) is 6. The van der Waals surface area contributed by atoms with E-state index in [4.69, 9.17) is 4.98 Å². The van der Waals surface area contributed by atoms with Crippen molar-refractivity contribution in [2.24, 2.45) is 0 Å². The van der Waals surface area contributed by atoms with Crippen LogP contribution in [-0.4, -0.2) is 40.3 Å². The molecular formula is C29H22N8O2. The van der Waals surface area contributed by atoms with Crippen molar-refractivity contribution >= 4 is 22.5 Å². The van der Waals surface area contributed by atoms with Crippen molar-refractivity contribution in [1.29, 1.82) is 0 Å². The van der Waals surface area contributed by atoms with Crippen LogP contribution in [0.3, 0.4) is 0 Å². The molecule has 0 aliphatic carbocycles. The predicted molar refractivity (Wildman–Crippen MR) is 146 cm³/mol. The van der Waals surface area contributed by atoms with E-state index < -0.39 is 6.04 Å². The van der Waals surface area contributed by atoms with Gasteiger partial charge < -0.3 is 5.32 Å². The molecule has 10 nitrogen and oxygen atoms in total. The zero-order valence-electron chi connectivity index (χ0n) is 21.1. The summed E-state index contributed by atoms with van der Waals surface area (Å²) in [5.74, 6) is 6.14. The fourth-order valence-corrected chi connectivity index (χ4v) is 4.52. The molecule has 4 aromatic heterocycles. The first-order valence-electron chi connectivity index (χ1n) is 12.2. The molecule has 10 heteroatoms. The molecule has 0 aliphatic heterocycles. The highest BCUT2D eigenvalue weighted by molar-refractivity contribution is 6.01. The summed E-state index contributed by atoms with van der Waals surface area (Å²) < 4.78 is 3.09. The minimum absolute atomic E-state index is 0.284. The summed E-state index contributed by atoms with van der Waals surface area (Å²) in [5.41, 5.74) is 3.44. The summed E-state index contributed by atoms with van der Waals surface area (Å²) in [6.45, 7) is 3.55. The van der Waals surface area contributed by atoms with Gasteiger partial charge in [0.2, 0.25) is 0 Å². The molecule has 39 heavy (non-hydrogen) atoms. The minimum Gasteiger partial charge on any atom is -0.342 e. The molecule has 0 saturated carbocycles. The molecule has 0 saturated heterocycles. The average molecular weight is 515 g/mol. The number of para-hydroxylation sites is 1. The van der Waals surface area contributed by atoms with Crippen molar-refractivity contribution in [3.63, 3.8) is 0 Å². The number of carbonyl (C=O) groups is 1. The van der Waals surface area contributed by atoms with Gasteiger partial charge in [-0.15, -0.1) is 0 Å². The number of nitrogens with zero attached hydrogens (tertiary/aromatic N) is 6.